The van der Waals surface area contributed by atoms with E-state index in [0.717, 1.165) is 30.4 Å². The Morgan fingerprint density at radius 1 is 0.951 bits per heavy atom. The second-order valence-electron chi connectivity index (χ2n) is 9.41. The number of carboxylic acids is 1. The molecule has 4 rings (SSSR count). The molecule has 10 heteroatoms. The van der Waals surface area contributed by atoms with E-state index in [9.17, 15) is 18.8 Å². The van der Waals surface area contributed by atoms with E-state index in [1.165, 1.54) is 24.1 Å². The van der Waals surface area contributed by atoms with Gasteiger partial charge in [-0.15, -0.1) is 0 Å². The van der Waals surface area contributed by atoms with Crippen LogP contribution in [0, 0.1) is 0 Å². The van der Waals surface area contributed by atoms with Crippen molar-refractivity contribution in [1.29, 1.82) is 0 Å². The van der Waals surface area contributed by atoms with Crippen LogP contribution in [0.25, 0.3) is 5.57 Å². The summed E-state index contributed by atoms with van der Waals surface area (Å²) in [6, 6.07) is 18.6. The van der Waals surface area contributed by atoms with Crippen molar-refractivity contribution < 1.29 is 23.9 Å². The van der Waals surface area contributed by atoms with E-state index < -0.39 is 30.6 Å². The highest BCUT2D eigenvalue weighted by atomic mass is 35.5. The summed E-state index contributed by atoms with van der Waals surface area (Å²) in [5.41, 5.74) is 4.49. The molecule has 0 fully saturated rings. The van der Waals surface area contributed by atoms with Crippen molar-refractivity contribution in [2.24, 2.45) is 0 Å². The van der Waals surface area contributed by atoms with Gasteiger partial charge in [-0.05, 0) is 84.8 Å². The van der Waals surface area contributed by atoms with Crippen LogP contribution < -0.4 is 15.5 Å². The molecule has 3 aromatic carbocycles. The number of allylic oxidation sites excluding steroid dienone is 2. The second-order valence-corrected chi connectivity index (χ2v) is 10.3. The monoisotopic (exact) mass is 599 g/mol. The summed E-state index contributed by atoms with van der Waals surface area (Å²) in [4.78, 5) is 38.0. The quantitative estimate of drug-likeness (QED) is 0.232. The van der Waals surface area contributed by atoms with Crippen LogP contribution in [0.4, 0.5) is 20.6 Å². The van der Waals surface area contributed by atoms with Gasteiger partial charge in [0, 0.05) is 27.0 Å². The van der Waals surface area contributed by atoms with Gasteiger partial charge < -0.3 is 15.7 Å². The molecule has 0 bridgehead atoms. The van der Waals surface area contributed by atoms with Gasteiger partial charge in [-0.1, -0.05) is 61.0 Å². The summed E-state index contributed by atoms with van der Waals surface area (Å²) in [6.07, 6.45) is 4.52. The fourth-order valence-electron chi connectivity index (χ4n) is 4.37. The van der Waals surface area contributed by atoms with Gasteiger partial charge in [-0.3, -0.25) is 9.69 Å². The Balaban J connectivity index is 0.00000462. The summed E-state index contributed by atoms with van der Waals surface area (Å²) in [6.45, 7) is -0.458. The van der Waals surface area contributed by atoms with E-state index in [2.05, 4.69) is 16.7 Å². The Labute approximate surface area is 249 Å². The van der Waals surface area contributed by atoms with Crippen molar-refractivity contribution in [1.82, 2.24) is 5.32 Å². The van der Waals surface area contributed by atoms with E-state index in [0.29, 0.717) is 21.4 Å². The minimum absolute atomic E-state index is 0. The minimum Gasteiger partial charge on any atom is -0.479 e. The number of alkyl halides is 1. The zero-order valence-corrected chi connectivity index (χ0v) is 23.0. The molecule has 3 aromatic rings. The number of nitrogens with one attached hydrogen (secondary N) is 2. The normalized spacial score (nSPS) is 13.3. The van der Waals surface area contributed by atoms with Crippen LogP contribution in [0.5, 0.6) is 0 Å². The molecule has 3 amide bonds. The van der Waals surface area contributed by atoms with Gasteiger partial charge in [-0.25, -0.2) is 14.0 Å². The molecule has 41 heavy (non-hydrogen) atoms. The molecule has 0 saturated carbocycles. The lowest BCUT2D eigenvalue weighted by Crippen LogP contribution is -2.35. The van der Waals surface area contributed by atoms with Crippen LogP contribution in [0.2, 0.25) is 10.0 Å². The molecule has 0 aliphatic heterocycles. The van der Waals surface area contributed by atoms with Crippen LogP contribution in [0.3, 0.4) is 0 Å². The first-order chi connectivity index (χ1) is 19.2. The lowest BCUT2D eigenvalue weighted by atomic mass is 9.93. The summed E-state index contributed by atoms with van der Waals surface area (Å²) in [5.74, 6) is -2.24. The SMILES string of the molecule is C.O=C(NCC(F)C(=O)O)c1ccc(CN(C(=O)Nc2cc(Cl)cc(Cl)c2)c2ccc(C3=CCCCC3)cc2)cc1. The number of halogens is 3. The fourth-order valence-corrected chi connectivity index (χ4v) is 4.89. The van der Waals surface area contributed by atoms with Crippen LogP contribution in [-0.4, -0.2) is 35.7 Å². The highest BCUT2D eigenvalue weighted by molar-refractivity contribution is 6.35. The molecule has 0 heterocycles. The third-order valence-electron chi connectivity index (χ3n) is 6.47. The number of carboxylic acid groups (broad SMARTS) is 1. The number of urea groups is 1. The average molecular weight is 601 g/mol. The molecule has 1 unspecified atom stereocenters. The van der Waals surface area contributed by atoms with Crippen LogP contribution in [0.1, 0.15) is 54.6 Å². The zero-order valence-electron chi connectivity index (χ0n) is 21.5. The number of benzene rings is 3. The molecule has 0 aromatic heterocycles. The lowest BCUT2D eigenvalue weighted by Gasteiger charge is -2.24. The number of carbonyl (C=O) groups is 3. The van der Waals surface area contributed by atoms with E-state index in [1.807, 2.05) is 24.3 Å². The van der Waals surface area contributed by atoms with Crippen molar-refractivity contribution in [3.63, 3.8) is 0 Å². The van der Waals surface area contributed by atoms with Gasteiger partial charge in [0.05, 0.1) is 13.1 Å². The summed E-state index contributed by atoms with van der Waals surface area (Å²) in [5, 5.41) is 14.5. The largest absolute Gasteiger partial charge is 0.479 e. The van der Waals surface area contributed by atoms with Crippen LogP contribution in [-0.2, 0) is 11.3 Å². The number of hydrogen-bond acceptors (Lipinski definition) is 3. The maximum atomic E-state index is 13.5. The molecular formula is C31H32Cl2FN3O4. The molecule has 0 spiro atoms. The average Bonchev–Trinajstić information content (AvgIpc) is 2.94. The first-order valence-corrected chi connectivity index (χ1v) is 13.5. The van der Waals surface area contributed by atoms with Crippen molar-refractivity contribution in [2.45, 2.75) is 45.8 Å². The van der Waals surface area contributed by atoms with E-state index in [-0.39, 0.29) is 19.5 Å². The Kier molecular flexibility index (Phi) is 11.3. The van der Waals surface area contributed by atoms with Crippen molar-refractivity contribution in [2.75, 3.05) is 16.8 Å². The Bertz CT molecular complexity index is 1390. The number of nitrogens with zero attached hydrogens (tertiary/aromatic N) is 1. The zero-order chi connectivity index (χ0) is 28.6. The maximum Gasteiger partial charge on any atom is 0.340 e. The second kappa shape index (κ2) is 14.7. The van der Waals surface area contributed by atoms with Gasteiger partial charge in [0.25, 0.3) is 5.91 Å². The standard InChI is InChI=1S/C30H28Cl2FN3O4.CH4/c31-23-14-24(32)16-25(15-23)35-30(40)36(26-12-10-21(11-13-26)20-4-2-1-3-5-20)18-19-6-8-22(9-7-19)28(37)34-17-27(33)29(38)39;/h4,6-16,27H,1-3,5,17-18H2,(H,34,37)(H,35,40)(H,38,39);1H4. The lowest BCUT2D eigenvalue weighted by molar-refractivity contribution is -0.142. The van der Waals surface area contributed by atoms with Crippen LogP contribution in [0.15, 0.2) is 72.8 Å². The van der Waals surface area contributed by atoms with Gasteiger partial charge in [0.1, 0.15) is 0 Å². The maximum absolute atomic E-state index is 13.5. The number of amides is 3. The number of hydrogen-bond donors (Lipinski definition) is 3. The molecular weight excluding hydrogens is 568 g/mol. The van der Waals surface area contributed by atoms with Crippen molar-refractivity contribution in [3.8, 4) is 0 Å². The first-order valence-electron chi connectivity index (χ1n) is 12.8. The number of rotatable bonds is 9. The first kappa shape index (κ1) is 31.6. The van der Waals surface area contributed by atoms with Crippen molar-refractivity contribution >= 4 is 58.1 Å². The molecule has 7 nitrogen and oxygen atoms in total. The van der Waals surface area contributed by atoms with Gasteiger partial charge in [-0.2, -0.15) is 0 Å². The van der Waals surface area contributed by atoms with Gasteiger partial charge in [0.2, 0.25) is 6.17 Å². The van der Waals surface area contributed by atoms with Crippen molar-refractivity contribution in [3.05, 3.63) is 99.5 Å². The molecule has 3 N–H and O–H groups in total. The smallest absolute Gasteiger partial charge is 0.340 e. The summed E-state index contributed by atoms with van der Waals surface area (Å²) >= 11 is 12.2. The third kappa shape index (κ3) is 8.80. The van der Waals surface area contributed by atoms with Gasteiger partial charge >= 0.3 is 12.0 Å². The summed E-state index contributed by atoms with van der Waals surface area (Å²) in [7, 11) is 0. The predicted octanol–water partition coefficient (Wildman–Crippen LogP) is 7.98. The molecule has 1 aliphatic carbocycles. The Hall–Kier alpha value is -3.88. The molecule has 216 valence electrons. The highest BCUT2D eigenvalue weighted by Gasteiger charge is 2.20. The highest BCUT2D eigenvalue weighted by Crippen LogP contribution is 2.29. The molecule has 0 radical (unpaired) electrons. The predicted molar refractivity (Wildman–Crippen MR) is 163 cm³/mol. The molecule has 1 atom stereocenters. The number of carbonyl (C=O) groups excluding carboxylic acids is 2. The Morgan fingerprint density at radius 2 is 1.61 bits per heavy atom. The molecule has 1 aliphatic rings. The fraction of sp³-hybridized carbons (Fsp3) is 0.258. The molecule has 0 saturated heterocycles. The topological polar surface area (TPSA) is 98.7 Å². The Morgan fingerprint density at radius 3 is 2.20 bits per heavy atom. The number of anilines is 2. The van der Waals surface area contributed by atoms with Gasteiger partial charge in [0.15, 0.2) is 0 Å². The minimum atomic E-state index is -2.19. The van der Waals surface area contributed by atoms with Crippen LogP contribution >= 0.6 is 23.2 Å². The van der Waals surface area contributed by atoms with E-state index in [1.54, 1.807) is 35.2 Å². The summed E-state index contributed by atoms with van der Waals surface area (Å²) < 4.78 is 13.3. The van der Waals surface area contributed by atoms with E-state index in [4.69, 9.17) is 28.3 Å². The van der Waals surface area contributed by atoms with E-state index >= 15 is 0 Å². The number of aliphatic carboxylic acids is 1. The third-order valence-corrected chi connectivity index (χ3v) is 6.90.